The molecule has 0 aliphatic heterocycles. The zero-order chi connectivity index (χ0) is 19.0. The van der Waals surface area contributed by atoms with Crippen molar-refractivity contribution in [3.05, 3.63) is 71.4 Å². The van der Waals surface area contributed by atoms with Crippen molar-refractivity contribution >= 4 is 23.3 Å². The number of benzene rings is 2. The first-order chi connectivity index (χ1) is 13.0. The number of nitrogens with zero attached hydrogens (tertiary/aromatic N) is 2. The number of rotatable bonds is 4. The van der Waals surface area contributed by atoms with Gasteiger partial charge in [-0.3, -0.25) is 4.98 Å². The van der Waals surface area contributed by atoms with Crippen LogP contribution in [0.5, 0.6) is 5.75 Å². The zero-order valence-electron chi connectivity index (χ0n) is 16.6. The first kappa shape index (κ1) is 20.6. The maximum Gasteiger partial charge on any atom is 0.119 e. The first-order valence-corrected chi connectivity index (χ1v) is 9.41. The van der Waals surface area contributed by atoms with Crippen LogP contribution in [0.2, 0.25) is 0 Å². The second-order valence-corrected chi connectivity index (χ2v) is 7.70. The van der Waals surface area contributed by atoms with E-state index in [2.05, 4.69) is 17.0 Å². The maximum atomic E-state index is 11.9. The summed E-state index contributed by atoms with van der Waals surface area (Å²) >= 11 is 0. The highest BCUT2D eigenvalue weighted by atomic mass is 35.5. The number of hydrogen-bond donors (Lipinski definition) is 1. The van der Waals surface area contributed by atoms with Crippen molar-refractivity contribution in [2.45, 2.75) is 24.4 Å². The molecule has 0 amide bonds. The Morgan fingerprint density at radius 1 is 1.14 bits per heavy atom. The van der Waals surface area contributed by atoms with Crippen LogP contribution in [-0.4, -0.2) is 42.7 Å². The molecule has 0 unspecified atom stereocenters. The fourth-order valence-electron chi connectivity index (χ4n) is 4.24. The molecule has 1 aliphatic carbocycles. The van der Waals surface area contributed by atoms with Gasteiger partial charge in [-0.25, -0.2) is 0 Å². The van der Waals surface area contributed by atoms with Crippen molar-refractivity contribution in [2.24, 2.45) is 0 Å². The van der Waals surface area contributed by atoms with Crippen LogP contribution >= 0.6 is 12.4 Å². The Morgan fingerprint density at radius 2 is 1.93 bits per heavy atom. The second kappa shape index (κ2) is 8.08. The van der Waals surface area contributed by atoms with Gasteiger partial charge in [-0.05, 0) is 62.3 Å². The van der Waals surface area contributed by atoms with E-state index in [-0.39, 0.29) is 18.3 Å². The minimum atomic E-state index is -0.971. The summed E-state index contributed by atoms with van der Waals surface area (Å²) in [6.45, 7) is 0.728. The predicted molar refractivity (Wildman–Crippen MR) is 115 cm³/mol. The highest BCUT2D eigenvalue weighted by Gasteiger charge is 2.44. The average molecular weight is 399 g/mol. The Hall–Kier alpha value is -2.14. The molecule has 0 spiro atoms. The van der Waals surface area contributed by atoms with Gasteiger partial charge in [0.2, 0.25) is 0 Å². The monoisotopic (exact) mass is 398 g/mol. The van der Waals surface area contributed by atoms with Gasteiger partial charge in [0.05, 0.1) is 23.9 Å². The lowest BCUT2D eigenvalue weighted by Crippen LogP contribution is -2.43. The summed E-state index contributed by atoms with van der Waals surface area (Å²) in [5.41, 5.74) is 3.16. The first-order valence-electron chi connectivity index (χ1n) is 9.41. The van der Waals surface area contributed by atoms with Gasteiger partial charge >= 0.3 is 0 Å². The van der Waals surface area contributed by atoms with E-state index in [1.165, 1.54) is 5.56 Å². The van der Waals surface area contributed by atoms with Gasteiger partial charge in [0, 0.05) is 17.8 Å². The van der Waals surface area contributed by atoms with Crippen molar-refractivity contribution in [1.82, 2.24) is 9.88 Å². The van der Waals surface area contributed by atoms with Crippen molar-refractivity contribution < 1.29 is 9.84 Å². The fraction of sp³-hybridized carbons (Fsp3) is 0.348. The third-order valence-corrected chi connectivity index (χ3v) is 5.64. The Morgan fingerprint density at radius 3 is 2.68 bits per heavy atom. The molecule has 0 fully saturated rings. The van der Waals surface area contributed by atoms with E-state index < -0.39 is 5.60 Å². The fourth-order valence-corrected chi connectivity index (χ4v) is 4.24. The highest BCUT2D eigenvalue weighted by Crippen LogP contribution is 2.46. The molecule has 28 heavy (non-hydrogen) atoms. The summed E-state index contributed by atoms with van der Waals surface area (Å²) in [5.74, 6) is 0.662. The van der Waals surface area contributed by atoms with Crippen molar-refractivity contribution in [3.63, 3.8) is 0 Å². The number of aryl methyl sites for hydroxylation is 1. The number of aromatic nitrogens is 1. The molecule has 5 heteroatoms. The van der Waals surface area contributed by atoms with Crippen LogP contribution in [0.4, 0.5) is 0 Å². The van der Waals surface area contributed by atoms with Crippen LogP contribution < -0.4 is 4.74 Å². The average Bonchev–Trinajstić information content (AvgIpc) is 2.69. The molecule has 4 rings (SSSR count). The number of para-hydroxylation sites is 1. The summed E-state index contributed by atoms with van der Waals surface area (Å²) in [6.07, 6.45) is 1.48. The standard InChI is InChI=1S/C23H26N2O2.ClH/c1-25(2)15-20-22-17(13-16-7-4-5-10-21(16)24-22)11-12-23(20,26)18-8-6-9-19(14-18)27-3;/h4-10,13-14,20,26H,11-12,15H2,1-3H3;1H/t20-,23+;/m0./s1. The van der Waals surface area contributed by atoms with E-state index in [0.29, 0.717) is 6.42 Å². The number of hydrogen-bond acceptors (Lipinski definition) is 4. The molecule has 1 aromatic heterocycles. The van der Waals surface area contributed by atoms with Crippen LogP contribution in [0.1, 0.15) is 29.2 Å². The van der Waals surface area contributed by atoms with Gasteiger partial charge in [0.1, 0.15) is 5.75 Å². The Labute approximate surface area is 172 Å². The van der Waals surface area contributed by atoms with Crippen molar-refractivity contribution in [3.8, 4) is 5.75 Å². The number of aliphatic hydroxyl groups is 1. The molecule has 2 atom stereocenters. The Bertz CT molecular complexity index is 976. The minimum absolute atomic E-state index is 0. The number of fused-ring (bicyclic) bond motifs is 2. The molecule has 0 bridgehead atoms. The molecule has 1 aliphatic rings. The summed E-state index contributed by atoms with van der Waals surface area (Å²) in [6, 6.07) is 18.3. The third-order valence-electron chi connectivity index (χ3n) is 5.64. The molecular formula is C23H27ClN2O2. The summed E-state index contributed by atoms with van der Waals surface area (Å²) in [5, 5.41) is 13.0. The lowest BCUT2D eigenvalue weighted by molar-refractivity contribution is -0.0167. The van der Waals surface area contributed by atoms with E-state index in [1.54, 1.807) is 7.11 Å². The molecular weight excluding hydrogens is 372 g/mol. The van der Waals surface area contributed by atoms with E-state index in [1.807, 2.05) is 56.6 Å². The van der Waals surface area contributed by atoms with Crippen LogP contribution in [0.25, 0.3) is 10.9 Å². The van der Waals surface area contributed by atoms with Gasteiger partial charge in [0.15, 0.2) is 0 Å². The minimum Gasteiger partial charge on any atom is -0.497 e. The van der Waals surface area contributed by atoms with Crippen molar-refractivity contribution in [1.29, 1.82) is 0 Å². The largest absolute Gasteiger partial charge is 0.497 e. The topological polar surface area (TPSA) is 45.6 Å². The van der Waals surface area contributed by atoms with Gasteiger partial charge in [-0.15, -0.1) is 12.4 Å². The summed E-state index contributed by atoms with van der Waals surface area (Å²) in [7, 11) is 5.74. The van der Waals surface area contributed by atoms with E-state index in [0.717, 1.165) is 40.9 Å². The quantitative estimate of drug-likeness (QED) is 0.717. The molecule has 148 valence electrons. The van der Waals surface area contributed by atoms with Gasteiger partial charge in [-0.2, -0.15) is 0 Å². The number of halogens is 1. The van der Waals surface area contributed by atoms with Gasteiger partial charge < -0.3 is 14.7 Å². The Kier molecular flexibility index (Phi) is 5.94. The van der Waals surface area contributed by atoms with Crippen LogP contribution in [0, 0.1) is 0 Å². The van der Waals surface area contributed by atoms with Gasteiger partial charge in [0.25, 0.3) is 0 Å². The van der Waals surface area contributed by atoms with Crippen LogP contribution in [-0.2, 0) is 12.0 Å². The highest BCUT2D eigenvalue weighted by molar-refractivity contribution is 5.85. The van der Waals surface area contributed by atoms with E-state index in [4.69, 9.17) is 9.72 Å². The third kappa shape index (κ3) is 3.60. The molecule has 1 heterocycles. The van der Waals surface area contributed by atoms with Crippen molar-refractivity contribution in [2.75, 3.05) is 27.7 Å². The molecule has 0 saturated heterocycles. The molecule has 3 aromatic rings. The van der Waals surface area contributed by atoms with E-state index >= 15 is 0 Å². The number of methoxy groups -OCH3 is 1. The SMILES string of the molecule is COc1cccc([C@]2(O)CCc3cc4ccccc4nc3[C@@H]2CN(C)C)c1.Cl. The second-order valence-electron chi connectivity index (χ2n) is 7.70. The molecule has 1 N–H and O–H groups in total. The summed E-state index contributed by atoms with van der Waals surface area (Å²) < 4.78 is 5.40. The maximum absolute atomic E-state index is 11.9. The molecule has 2 aromatic carbocycles. The number of ether oxygens (including phenoxy) is 1. The predicted octanol–water partition coefficient (Wildman–Crippen LogP) is 4.14. The molecule has 0 saturated carbocycles. The lowest BCUT2D eigenvalue weighted by Gasteiger charge is -2.42. The van der Waals surface area contributed by atoms with Crippen LogP contribution in [0.15, 0.2) is 54.6 Å². The summed E-state index contributed by atoms with van der Waals surface area (Å²) in [4.78, 5) is 7.12. The number of pyridine rings is 1. The van der Waals surface area contributed by atoms with Crippen LogP contribution in [0.3, 0.4) is 0 Å². The normalized spacial score (nSPS) is 21.2. The lowest BCUT2D eigenvalue weighted by atomic mass is 9.70. The van der Waals surface area contributed by atoms with E-state index in [9.17, 15) is 5.11 Å². The van der Waals surface area contributed by atoms with Gasteiger partial charge in [-0.1, -0.05) is 30.3 Å². The smallest absolute Gasteiger partial charge is 0.119 e. The zero-order valence-corrected chi connectivity index (χ0v) is 17.4. The Balaban J connectivity index is 0.00000225. The molecule has 0 radical (unpaired) electrons. The number of likely N-dealkylation sites (N-methyl/N-ethyl adjacent to an activating group) is 1. The molecule has 4 nitrogen and oxygen atoms in total.